The maximum atomic E-state index is 11.8. The number of anilines is 1. The minimum atomic E-state index is -0.876. The van der Waals surface area contributed by atoms with Crippen LogP contribution in [0.25, 0.3) is 0 Å². The first-order chi connectivity index (χ1) is 9.26. The number of amides is 1. The zero-order valence-electron chi connectivity index (χ0n) is 12.4. The van der Waals surface area contributed by atoms with Crippen LogP contribution in [-0.2, 0) is 16.0 Å². The smallest absolute Gasteiger partial charge is 0.307 e. The predicted molar refractivity (Wildman–Crippen MR) is 79.7 cm³/mol. The molecular weight excluding hydrogens is 254 g/mol. The van der Waals surface area contributed by atoms with E-state index in [1.165, 1.54) is 0 Å². The normalized spacial score (nSPS) is 11.2. The molecule has 2 N–H and O–H groups in total. The van der Waals surface area contributed by atoms with Gasteiger partial charge in [-0.3, -0.25) is 9.59 Å². The lowest BCUT2D eigenvalue weighted by atomic mass is 9.90. The fourth-order valence-electron chi connectivity index (χ4n) is 1.94. The second kappa shape index (κ2) is 7.08. The number of nitrogens with one attached hydrogen (secondary N) is 1. The Bertz CT molecular complexity index is 475. The van der Waals surface area contributed by atoms with Crippen molar-refractivity contribution in [1.82, 2.24) is 0 Å². The van der Waals surface area contributed by atoms with Gasteiger partial charge in [0.25, 0.3) is 0 Å². The molecule has 0 aliphatic rings. The number of hydrogen-bond donors (Lipinski definition) is 2. The summed E-state index contributed by atoms with van der Waals surface area (Å²) in [5.41, 5.74) is 1.58. The molecule has 0 heterocycles. The summed E-state index contributed by atoms with van der Waals surface area (Å²) in [7, 11) is 0. The first-order valence-corrected chi connectivity index (χ1v) is 6.87. The highest BCUT2D eigenvalue weighted by molar-refractivity contribution is 5.90. The summed E-state index contributed by atoms with van der Waals surface area (Å²) in [6.07, 6.45) is 2.30. The average Bonchev–Trinajstić information content (AvgIpc) is 2.26. The second-order valence-electron chi connectivity index (χ2n) is 6.23. The van der Waals surface area contributed by atoms with E-state index in [2.05, 4.69) is 26.1 Å². The van der Waals surface area contributed by atoms with E-state index >= 15 is 0 Å². The highest BCUT2D eigenvalue weighted by Crippen LogP contribution is 2.21. The number of carboxylic acids is 1. The van der Waals surface area contributed by atoms with Gasteiger partial charge >= 0.3 is 5.97 Å². The third-order valence-electron chi connectivity index (χ3n) is 2.90. The molecule has 0 spiro atoms. The van der Waals surface area contributed by atoms with Gasteiger partial charge in [0.1, 0.15) is 0 Å². The van der Waals surface area contributed by atoms with Crippen molar-refractivity contribution in [3.8, 4) is 0 Å². The Morgan fingerprint density at radius 3 is 2.55 bits per heavy atom. The lowest BCUT2D eigenvalue weighted by Crippen LogP contribution is -2.13. The van der Waals surface area contributed by atoms with Gasteiger partial charge in [-0.1, -0.05) is 32.9 Å². The summed E-state index contributed by atoms with van der Waals surface area (Å²) in [4.78, 5) is 22.5. The van der Waals surface area contributed by atoms with Gasteiger partial charge in [0.05, 0.1) is 6.42 Å². The molecule has 0 atom stereocenters. The number of carboxylic acid groups (broad SMARTS) is 1. The first-order valence-electron chi connectivity index (χ1n) is 6.87. The van der Waals surface area contributed by atoms with E-state index in [1.807, 2.05) is 0 Å². The van der Waals surface area contributed by atoms with E-state index in [0.717, 1.165) is 12.8 Å². The van der Waals surface area contributed by atoms with Crippen LogP contribution in [0.1, 0.15) is 45.6 Å². The number of carbonyl (C=O) groups excluding carboxylic acids is 1. The molecule has 4 nitrogen and oxygen atoms in total. The number of rotatable bonds is 6. The quantitative estimate of drug-likeness (QED) is 0.836. The van der Waals surface area contributed by atoms with Gasteiger partial charge in [-0.2, -0.15) is 0 Å². The van der Waals surface area contributed by atoms with E-state index in [1.54, 1.807) is 24.3 Å². The van der Waals surface area contributed by atoms with Crippen LogP contribution in [0.5, 0.6) is 0 Å². The van der Waals surface area contributed by atoms with E-state index in [4.69, 9.17) is 5.11 Å². The molecule has 0 aliphatic carbocycles. The van der Waals surface area contributed by atoms with Crippen LogP contribution in [0.2, 0.25) is 0 Å². The van der Waals surface area contributed by atoms with Crippen molar-refractivity contribution in [2.75, 3.05) is 5.32 Å². The molecule has 0 unspecified atom stereocenters. The Morgan fingerprint density at radius 1 is 1.25 bits per heavy atom. The maximum Gasteiger partial charge on any atom is 0.307 e. The van der Waals surface area contributed by atoms with Gasteiger partial charge in [-0.25, -0.2) is 0 Å². The SMILES string of the molecule is CC(C)(C)CCCC(=O)Nc1cccc(CC(=O)O)c1. The van der Waals surface area contributed by atoms with Crippen molar-refractivity contribution < 1.29 is 14.7 Å². The number of hydrogen-bond acceptors (Lipinski definition) is 2. The first kappa shape index (κ1) is 16.2. The van der Waals surface area contributed by atoms with E-state index in [0.29, 0.717) is 17.7 Å². The van der Waals surface area contributed by atoms with Crippen molar-refractivity contribution in [3.05, 3.63) is 29.8 Å². The van der Waals surface area contributed by atoms with Gasteiger partial charge in [-0.15, -0.1) is 0 Å². The zero-order chi connectivity index (χ0) is 15.2. The minimum Gasteiger partial charge on any atom is -0.481 e. The molecule has 1 amide bonds. The Balaban J connectivity index is 2.47. The zero-order valence-corrected chi connectivity index (χ0v) is 12.4. The topological polar surface area (TPSA) is 66.4 Å². The van der Waals surface area contributed by atoms with Crippen LogP contribution in [0.4, 0.5) is 5.69 Å². The van der Waals surface area contributed by atoms with E-state index in [9.17, 15) is 9.59 Å². The van der Waals surface area contributed by atoms with Gasteiger partial charge in [-0.05, 0) is 36.0 Å². The summed E-state index contributed by atoms with van der Waals surface area (Å²) < 4.78 is 0. The number of benzene rings is 1. The van der Waals surface area contributed by atoms with Crippen LogP contribution in [0.15, 0.2) is 24.3 Å². The highest BCUT2D eigenvalue weighted by Gasteiger charge is 2.11. The monoisotopic (exact) mass is 277 g/mol. The molecule has 4 heteroatoms. The molecule has 110 valence electrons. The van der Waals surface area contributed by atoms with Crippen molar-refractivity contribution >= 4 is 17.6 Å². The molecule has 0 saturated heterocycles. The predicted octanol–water partition coefficient (Wildman–Crippen LogP) is 3.47. The molecule has 20 heavy (non-hydrogen) atoms. The van der Waals surface area contributed by atoms with Gasteiger partial charge < -0.3 is 10.4 Å². The molecule has 0 radical (unpaired) electrons. The summed E-state index contributed by atoms with van der Waals surface area (Å²) in [5.74, 6) is -0.902. The van der Waals surface area contributed by atoms with Gasteiger partial charge in [0, 0.05) is 12.1 Å². The highest BCUT2D eigenvalue weighted by atomic mass is 16.4. The van der Waals surface area contributed by atoms with Crippen molar-refractivity contribution in [2.45, 2.75) is 46.5 Å². The lowest BCUT2D eigenvalue weighted by molar-refractivity contribution is -0.136. The Kier molecular flexibility index (Phi) is 5.74. The van der Waals surface area contributed by atoms with Crippen LogP contribution in [0.3, 0.4) is 0 Å². The maximum absolute atomic E-state index is 11.8. The molecule has 0 aromatic heterocycles. The van der Waals surface area contributed by atoms with Crippen LogP contribution >= 0.6 is 0 Å². The van der Waals surface area contributed by atoms with Gasteiger partial charge in [0.2, 0.25) is 5.91 Å². The Morgan fingerprint density at radius 2 is 1.95 bits per heavy atom. The third-order valence-corrected chi connectivity index (χ3v) is 2.90. The summed E-state index contributed by atoms with van der Waals surface area (Å²) in [5, 5.41) is 11.6. The van der Waals surface area contributed by atoms with Gasteiger partial charge in [0.15, 0.2) is 0 Å². The van der Waals surface area contributed by atoms with Crippen LogP contribution in [-0.4, -0.2) is 17.0 Å². The average molecular weight is 277 g/mol. The fraction of sp³-hybridized carbons (Fsp3) is 0.500. The fourth-order valence-corrected chi connectivity index (χ4v) is 1.94. The van der Waals surface area contributed by atoms with Crippen LogP contribution < -0.4 is 5.32 Å². The molecule has 1 rings (SSSR count). The lowest BCUT2D eigenvalue weighted by Gasteiger charge is -2.17. The number of aliphatic carboxylic acids is 1. The Labute approximate surface area is 120 Å². The third kappa shape index (κ3) is 6.92. The minimum absolute atomic E-state index is 0.0262. The van der Waals surface area contributed by atoms with E-state index in [-0.39, 0.29) is 17.7 Å². The van der Waals surface area contributed by atoms with Crippen molar-refractivity contribution in [2.24, 2.45) is 5.41 Å². The summed E-state index contributed by atoms with van der Waals surface area (Å²) >= 11 is 0. The molecule has 1 aromatic carbocycles. The van der Waals surface area contributed by atoms with Crippen LogP contribution in [0, 0.1) is 5.41 Å². The largest absolute Gasteiger partial charge is 0.481 e. The molecular formula is C16H23NO3. The van der Waals surface area contributed by atoms with Crippen molar-refractivity contribution in [1.29, 1.82) is 0 Å². The molecule has 1 aromatic rings. The standard InChI is InChI=1S/C16H23NO3/c1-16(2,3)9-5-8-14(18)17-13-7-4-6-12(10-13)11-15(19)20/h4,6-7,10H,5,8-9,11H2,1-3H3,(H,17,18)(H,19,20). The molecule has 0 aliphatic heterocycles. The Hall–Kier alpha value is -1.84. The molecule has 0 fully saturated rings. The number of carbonyl (C=O) groups is 2. The molecule has 0 saturated carbocycles. The van der Waals surface area contributed by atoms with E-state index < -0.39 is 5.97 Å². The summed E-state index contributed by atoms with van der Waals surface area (Å²) in [6, 6.07) is 6.97. The summed E-state index contributed by atoms with van der Waals surface area (Å²) in [6.45, 7) is 6.46. The molecule has 0 bridgehead atoms. The second-order valence-corrected chi connectivity index (χ2v) is 6.23. The van der Waals surface area contributed by atoms with Crippen molar-refractivity contribution in [3.63, 3.8) is 0 Å².